The van der Waals surface area contributed by atoms with E-state index in [4.69, 9.17) is 4.74 Å². The number of carbonyl (C=O) groups excluding carboxylic acids is 4. The normalized spacial score (nSPS) is 23.6. The van der Waals surface area contributed by atoms with Crippen LogP contribution >= 0.6 is 0 Å². The number of hydrogen-bond donors (Lipinski definition) is 3. The quantitative estimate of drug-likeness (QED) is 0.494. The van der Waals surface area contributed by atoms with Gasteiger partial charge in [-0.25, -0.2) is 4.79 Å². The topological polar surface area (TPSA) is 114 Å². The molecule has 1 aromatic carbocycles. The maximum atomic E-state index is 12.8. The van der Waals surface area contributed by atoms with Crippen LogP contribution < -0.4 is 16.0 Å². The van der Waals surface area contributed by atoms with Crippen molar-refractivity contribution in [1.29, 1.82) is 0 Å². The molecule has 1 heterocycles. The molecule has 1 unspecified atom stereocenters. The molecule has 3 atom stereocenters. The lowest BCUT2D eigenvalue weighted by Crippen LogP contribution is -2.54. The van der Waals surface area contributed by atoms with Gasteiger partial charge < -0.3 is 20.7 Å². The Morgan fingerprint density at radius 2 is 1.70 bits per heavy atom. The third-order valence-corrected chi connectivity index (χ3v) is 4.79. The molecule has 1 aliphatic heterocycles. The molecule has 1 aromatic rings. The smallest absolute Gasteiger partial charge is 0.329 e. The second-order valence-corrected chi connectivity index (χ2v) is 7.70. The summed E-state index contributed by atoms with van der Waals surface area (Å²) in [4.78, 5) is 50.0. The SMILES string of the molecule is C=C1NC(=O)[C@H](CCCc2ccccc2)NC(=O)C(C(C)C)OC(=O)[C@H](C)NC1=O. The minimum absolute atomic E-state index is 0.206. The summed E-state index contributed by atoms with van der Waals surface area (Å²) < 4.78 is 5.32. The first-order chi connectivity index (χ1) is 14.2. The summed E-state index contributed by atoms with van der Waals surface area (Å²) in [5.74, 6) is -2.84. The Labute approximate surface area is 176 Å². The molecule has 0 aliphatic carbocycles. The van der Waals surface area contributed by atoms with Crippen LogP contribution in [-0.2, 0) is 30.3 Å². The van der Waals surface area contributed by atoms with Crippen molar-refractivity contribution in [2.75, 3.05) is 0 Å². The molecule has 0 spiro atoms. The summed E-state index contributed by atoms with van der Waals surface area (Å²) in [5, 5.41) is 7.52. The predicted octanol–water partition coefficient (Wildman–Crippen LogP) is 1.21. The summed E-state index contributed by atoms with van der Waals surface area (Å²) in [6, 6.07) is 7.87. The molecule has 0 aromatic heterocycles. The largest absolute Gasteiger partial charge is 0.450 e. The molecule has 1 saturated heterocycles. The molecule has 0 radical (unpaired) electrons. The minimum atomic E-state index is -1.08. The molecule has 8 nitrogen and oxygen atoms in total. The number of amides is 3. The molecule has 3 N–H and O–H groups in total. The zero-order chi connectivity index (χ0) is 22.3. The van der Waals surface area contributed by atoms with Crippen molar-refractivity contribution < 1.29 is 23.9 Å². The zero-order valence-electron chi connectivity index (χ0n) is 17.6. The Balaban J connectivity index is 2.18. The van der Waals surface area contributed by atoms with Crippen LogP contribution in [0.2, 0.25) is 0 Å². The summed E-state index contributed by atoms with van der Waals surface area (Å²) in [7, 11) is 0. The van der Waals surface area contributed by atoms with Gasteiger partial charge in [-0.3, -0.25) is 14.4 Å². The van der Waals surface area contributed by atoms with Crippen molar-refractivity contribution in [2.24, 2.45) is 5.92 Å². The Morgan fingerprint density at radius 3 is 2.33 bits per heavy atom. The van der Waals surface area contributed by atoms with Crippen molar-refractivity contribution in [1.82, 2.24) is 16.0 Å². The number of nitrogens with one attached hydrogen (secondary N) is 3. The maximum absolute atomic E-state index is 12.8. The molecule has 8 heteroatoms. The molecular formula is C22H29N3O5. The average Bonchev–Trinajstić information content (AvgIpc) is 2.70. The fourth-order valence-corrected chi connectivity index (χ4v) is 3.03. The Morgan fingerprint density at radius 1 is 1.03 bits per heavy atom. The second kappa shape index (κ2) is 10.6. The van der Waals surface area contributed by atoms with E-state index >= 15 is 0 Å². The van der Waals surface area contributed by atoms with Gasteiger partial charge in [-0.1, -0.05) is 50.8 Å². The molecule has 1 aliphatic rings. The number of benzene rings is 1. The highest BCUT2D eigenvalue weighted by Gasteiger charge is 2.33. The van der Waals surface area contributed by atoms with Crippen LogP contribution in [-0.4, -0.2) is 41.9 Å². The Bertz CT molecular complexity index is 806. The van der Waals surface area contributed by atoms with Gasteiger partial charge in [0.25, 0.3) is 11.8 Å². The highest BCUT2D eigenvalue weighted by atomic mass is 16.5. The van der Waals surface area contributed by atoms with Crippen LogP contribution in [0.5, 0.6) is 0 Å². The highest BCUT2D eigenvalue weighted by Crippen LogP contribution is 2.12. The number of aryl methyl sites for hydroxylation is 1. The van der Waals surface area contributed by atoms with Crippen LogP contribution in [0.1, 0.15) is 39.2 Å². The fraction of sp³-hybridized carbons (Fsp3) is 0.455. The lowest BCUT2D eigenvalue weighted by molar-refractivity contribution is -0.161. The molecule has 3 amide bonds. The van der Waals surface area contributed by atoms with Crippen LogP contribution in [0.25, 0.3) is 0 Å². The van der Waals surface area contributed by atoms with Gasteiger partial charge in [-0.05, 0) is 37.7 Å². The Hall–Kier alpha value is -3.16. The van der Waals surface area contributed by atoms with Crippen molar-refractivity contribution >= 4 is 23.7 Å². The molecular weight excluding hydrogens is 386 g/mol. The number of esters is 1. The first-order valence-corrected chi connectivity index (χ1v) is 10.0. The van der Waals surface area contributed by atoms with E-state index in [0.29, 0.717) is 12.8 Å². The van der Waals surface area contributed by atoms with E-state index in [0.717, 1.165) is 12.0 Å². The van der Waals surface area contributed by atoms with Crippen LogP contribution in [0.4, 0.5) is 0 Å². The number of cyclic esters (lactones) is 1. The second-order valence-electron chi connectivity index (χ2n) is 7.70. The summed E-state index contributed by atoms with van der Waals surface area (Å²) >= 11 is 0. The average molecular weight is 415 g/mol. The molecule has 2 rings (SSSR count). The van der Waals surface area contributed by atoms with Crippen LogP contribution in [0.3, 0.4) is 0 Å². The van der Waals surface area contributed by atoms with E-state index in [1.54, 1.807) is 13.8 Å². The minimum Gasteiger partial charge on any atom is -0.450 e. The maximum Gasteiger partial charge on any atom is 0.329 e. The van der Waals surface area contributed by atoms with Crippen molar-refractivity contribution in [3.63, 3.8) is 0 Å². The van der Waals surface area contributed by atoms with E-state index in [1.165, 1.54) is 6.92 Å². The number of ether oxygens (including phenoxy) is 1. The van der Waals surface area contributed by atoms with E-state index in [-0.39, 0.29) is 11.6 Å². The lowest BCUT2D eigenvalue weighted by atomic mass is 10.0. The molecule has 162 valence electrons. The van der Waals surface area contributed by atoms with Crippen LogP contribution in [0.15, 0.2) is 42.6 Å². The van der Waals surface area contributed by atoms with Gasteiger partial charge in [0.1, 0.15) is 12.1 Å². The van der Waals surface area contributed by atoms with E-state index in [1.807, 2.05) is 30.3 Å². The molecule has 0 saturated carbocycles. The number of rotatable bonds is 5. The third-order valence-electron chi connectivity index (χ3n) is 4.79. The molecule has 1 fully saturated rings. The monoisotopic (exact) mass is 415 g/mol. The highest BCUT2D eigenvalue weighted by molar-refractivity contribution is 6.01. The zero-order valence-corrected chi connectivity index (χ0v) is 17.6. The molecule has 30 heavy (non-hydrogen) atoms. The number of carbonyl (C=O) groups is 4. The van der Waals surface area contributed by atoms with Gasteiger partial charge >= 0.3 is 5.97 Å². The van der Waals surface area contributed by atoms with Gasteiger partial charge in [-0.15, -0.1) is 0 Å². The van der Waals surface area contributed by atoms with Crippen LogP contribution in [0, 0.1) is 5.92 Å². The van der Waals surface area contributed by atoms with Crippen molar-refractivity contribution in [3.05, 3.63) is 48.2 Å². The molecule has 0 bridgehead atoms. The predicted molar refractivity (Wildman–Crippen MR) is 111 cm³/mol. The van der Waals surface area contributed by atoms with E-state index < -0.39 is 41.9 Å². The van der Waals surface area contributed by atoms with Gasteiger partial charge in [-0.2, -0.15) is 0 Å². The first kappa shape index (κ1) is 23.1. The van der Waals surface area contributed by atoms with Crippen molar-refractivity contribution in [2.45, 2.75) is 58.2 Å². The lowest BCUT2D eigenvalue weighted by Gasteiger charge is -2.27. The van der Waals surface area contributed by atoms with Crippen molar-refractivity contribution in [3.8, 4) is 0 Å². The van der Waals surface area contributed by atoms with Gasteiger partial charge in [0, 0.05) is 0 Å². The van der Waals surface area contributed by atoms with E-state index in [9.17, 15) is 19.2 Å². The standard InChI is InChI=1S/C22H29N3O5/c1-13(2)18-21(28)25-17(12-8-11-16-9-6-5-7-10-16)20(27)23-14(3)19(26)24-15(4)22(29)30-18/h5-7,9-10,13,15,17-18H,3,8,11-12H2,1-2,4H3,(H,23,27)(H,24,26)(H,25,28)/t15-,17-,18?/m0/s1. The first-order valence-electron chi connectivity index (χ1n) is 10.0. The number of hydrogen-bond acceptors (Lipinski definition) is 5. The van der Waals surface area contributed by atoms with Gasteiger partial charge in [0.15, 0.2) is 6.10 Å². The van der Waals surface area contributed by atoms with E-state index in [2.05, 4.69) is 22.5 Å². The summed E-state index contributed by atoms with van der Waals surface area (Å²) in [6.07, 6.45) is 0.617. The summed E-state index contributed by atoms with van der Waals surface area (Å²) in [6.45, 7) is 8.45. The third kappa shape index (κ3) is 6.43. The van der Waals surface area contributed by atoms with Gasteiger partial charge in [0.05, 0.1) is 5.70 Å². The summed E-state index contributed by atoms with van der Waals surface area (Å²) in [5.41, 5.74) is 0.909. The fourth-order valence-electron chi connectivity index (χ4n) is 3.03. The van der Waals surface area contributed by atoms with Gasteiger partial charge in [0.2, 0.25) is 5.91 Å². The Kier molecular flexibility index (Phi) is 8.15.